The van der Waals surface area contributed by atoms with Crippen LogP contribution in [0.5, 0.6) is 0 Å². The van der Waals surface area contributed by atoms with Gasteiger partial charge in [-0.2, -0.15) is 0 Å². The van der Waals surface area contributed by atoms with Crippen molar-refractivity contribution in [1.82, 2.24) is 5.32 Å². The number of carbonyl (C=O) groups excluding carboxylic acids is 2. The van der Waals surface area contributed by atoms with Crippen LogP contribution in [0.3, 0.4) is 0 Å². The molecule has 1 amide bonds. The van der Waals surface area contributed by atoms with E-state index in [4.69, 9.17) is 4.74 Å². The lowest BCUT2D eigenvalue weighted by atomic mass is 10.2. The quantitative estimate of drug-likeness (QED) is 0.485. The molecule has 86 valence electrons. The average molecular weight is 214 g/mol. The number of hydrogen-bond acceptors (Lipinski definition) is 4. The second-order valence-electron chi connectivity index (χ2n) is 3.06. The molecule has 0 saturated heterocycles. The van der Waals surface area contributed by atoms with Gasteiger partial charge in [0, 0.05) is 13.0 Å². The maximum absolute atomic E-state index is 10.9. The van der Waals surface area contributed by atoms with Gasteiger partial charge in [0.05, 0.1) is 12.6 Å². The zero-order chi connectivity index (χ0) is 11.7. The van der Waals surface area contributed by atoms with Crippen LogP contribution in [-0.2, 0) is 9.53 Å². The molecule has 0 radical (unpaired) electrons. The first-order valence-electron chi connectivity index (χ1n) is 4.87. The molecule has 0 aromatic heterocycles. The second-order valence-corrected chi connectivity index (χ2v) is 3.06. The Morgan fingerprint density at radius 1 is 1.47 bits per heavy atom. The maximum atomic E-state index is 10.9. The Kier molecular flexibility index (Phi) is 7.05. The summed E-state index contributed by atoms with van der Waals surface area (Å²) in [5.74, 6) is -1.31. The molecule has 0 heterocycles. The summed E-state index contributed by atoms with van der Waals surface area (Å²) in [4.78, 5) is 21.2. The van der Waals surface area contributed by atoms with Gasteiger partial charge in [0.1, 0.15) is 0 Å². The van der Waals surface area contributed by atoms with Gasteiger partial charge < -0.3 is 20.0 Å². The number of unbranched alkanes of at least 4 members (excludes halogenated alkanes) is 1. The first-order valence-corrected chi connectivity index (χ1v) is 4.87. The lowest BCUT2D eigenvalue weighted by molar-refractivity contribution is -0.299. The van der Waals surface area contributed by atoms with Gasteiger partial charge in [0.2, 0.25) is 0 Å². The van der Waals surface area contributed by atoms with Crippen molar-refractivity contribution in [3.8, 4) is 0 Å². The number of carboxylic acids is 1. The molecule has 0 rings (SSSR count). The largest absolute Gasteiger partial charge is 0.545 e. The summed E-state index contributed by atoms with van der Waals surface area (Å²) in [6.45, 7) is 5.83. The van der Waals surface area contributed by atoms with Gasteiger partial charge in [-0.15, -0.1) is 0 Å². The minimum absolute atomic E-state index is 0.00473. The van der Waals surface area contributed by atoms with Crippen LogP contribution in [0.2, 0.25) is 0 Å². The highest BCUT2D eigenvalue weighted by Gasteiger charge is 2.01. The van der Waals surface area contributed by atoms with E-state index >= 15 is 0 Å². The predicted molar refractivity (Wildman–Crippen MR) is 53.0 cm³/mol. The molecule has 1 N–H and O–H groups in total. The first-order chi connectivity index (χ1) is 7.07. The Balaban J connectivity index is 3.47. The van der Waals surface area contributed by atoms with Crippen molar-refractivity contribution in [3.05, 3.63) is 12.2 Å². The zero-order valence-corrected chi connectivity index (χ0v) is 8.88. The zero-order valence-electron chi connectivity index (χ0n) is 8.88. The standard InChI is InChI=1S/C10H17NO4/c1-3-4-6-11-10(14)15-7-5-8(2)9(12)13/h2-7H2,1H3,(H,11,14)(H,12,13)/p-1. The molecule has 5 nitrogen and oxygen atoms in total. The van der Waals surface area contributed by atoms with Gasteiger partial charge >= 0.3 is 6.09 Å². The molecule has 0 saturated carbocycles. The summed E-state index contributed by atoms with van der Waals surface area (Å²) in [6, 6.07) is 0. The van der Waals surface area contributed by atoms with Crippen molar-refractivity contribution < 1.29 is 19.4 Å². The van der Waals surface area contributed by atoms with Crippen molar-refractivity contribution in [1.29, 1.82) is 0 Å². The molecular formula is C10H16NO4-. The van der Waals surface area contributed by atoms with Gasteiger partial charge in [-0.05, 0) is 12.0 Å². The van der Waals surface area contributed by atoms with Crippen molar-refractivity contribution in [2.75, 3.05) is 13.2 Å². The van der Waals surface area contributed by atoms with Crippen LogP contribution in [-0.4, -0.2) is 25.2 Å². The van der Waals surface area contributed by atoms with Crippen LogP contribution >= 0.6 is 0 Å². The Labute approximate surface area is 89.1 Å². The number of ether oxygens (including phenoxy) is 1. The van der Waals surface area contributed by atoms with Crippen LogP contribution in [0.25, 0.3) is 0 Å². The number of carbonyl (C=O) groups is 2. The molecule has 0 aromatic carbocycles. The third-order valence-corrected chi connectivity index (χ3v) is 1.73. The average Bonchev–Trinajstić information content (AvgIpc) is 2.18. The molecule has 0 fully saturated rings. The molecule has 0 bridgehead atoms. The van der Waals surface area contributed by atoms with Crippen LogP contribution < -0.4 is 10.4 Å². The Morgan fingerprint density at radius 2 is 2.13 bits per heavy atom. The summed E-state index contributed by atoms with van der Waals surface area (Å²) in [5.41, 5.74) is -0.0728. The number of rotatable bonds is 7. The van der Waals surface area contributed by atoms with E-state index in [-0.39, 0.29) is 18.6 Å². The molecule has 15 heavy (non-hydrogen) atoms. The van der Waals surface area contributed by atoms with Crippen LogP contribution in [0.1, 0.15) is 26.2 Å². The number of carboxylic acid groups (broad SMARTS) is 1. The maximum Gasteiger partial charge on any atom is 0.407 e. The topological polar surface area (TPSA) is 78.5 Å². The number of hydrogen-bond donors (Lipinski definition) is 1. The Morgan fingerprint density at radius 3 is 2.67 bits per heavy atom. The van der Waals surface area contributed by atoms with E-state index in [0.717, 1.165) is 12.8 Å². The highest BCUT2D eigenvalue weighted by atomic mass is 16.5. The Hall–Kier alpha value is -1.52. The van der Waals surface area contributed by atoms with Gasteiger partial charge in [0.15, 0.2) is 0 Å². The van der Waals surface area contributed by atoms with E-state index in [1.807, 2.05) is 6.92 Å². The summed E-state index contributed by atoms with van der Waals surface area (Å²) < 4.78 is 4.71. The summed E-state index contributed by atoms with van der Waals surface area (Å²) >= 11 is 0. The molecule has 0 atom stereocenters. The predicted octanol–water partition coefficient (Wildman–Crippen LogP) is 0.209. The van der Waals surface area contributed by atoms with Crippen LogP contribution in [0, 0.1) is 0 Å². The van der Waals surface area contributed by atoms with Gasteiger partial charge in [0.25, 0.3) is 0 Å². The molecule has 0 aliphatic carbocycles. The van der Waals surface area contributed by atoms with Crippen LogP contribution in [0.15, 0.2) is 12.2 Å². The minimum atomic E-state index is -1.31. The molecular weight excluding hydrogens is 198 g/mol. The van der Waals surface area contributed by atoms with Crippen molar-refractivity contribution in [2.45, 2.75) is 26.2 Å². The lowest BCUT2D eigenvalue weighted by Crippen LogP contribution is -2.27. The van der Waals surface area contributed by atoms with E-state index in [1.165, 1.54) is 0 Å². The number of aliphatic carboxylic acids is 1. The highest BCUT2D eigenvalue weighted by Crippen LogP contribution is 1.96. The lowest BCUT2D eigenvalue weighted by Gasteiger charge is -2.08. The minimum Gasteiger partial charge on any atom is -0.545 e. The normalized spacial score (nSPS) is 9.40. The molecule has 0 spiro atoms. The van der Waals surface area contributed by atoms with Crippen LogP contribution in [0.4, 0.5) is 4.79 Å². The number of alkyl carbamates (subject to hydrolysis) is 1. The van der Waals surface area contributed by atoms with Gasteiger partial charge in [-0.3, -0.25) is 0 Å². The Bertz CT molecular complexity index is 238. The molecule has 0 aromatic rings. The molecule has 0 unspecified atom stereocenters. The van der Waals surface area contributed by atoms with E-state index in [0.29, 0.717) is 6.54 Å². The fourth-order valence-electron chi connectivity index (χ4n) is 0.787. The monoisotopic (exact) mass is 214 g/mol. The van der Waals surface area contributed by atoms with E-state index in [1.54, 1.807) is 0 Å². The van der Waals surface area contributed by atoms with Crippen molar-refractivity contribution >= 4 is 12.1 Å². The number of amides is 1. The van der Waals surface area contributed by atoms with E-state index < -0.39 is 12.1 Å². The van der Waals surface area contributed by atoms with Gasteiger partial charge in [-0.25, -0.2) is 4.79 Å². The SMILES string of the molecule is C=C(CCOC(=O)NCCCC)C(=O)[O-]. The third-order valence-electron chi connectivity index (χ3n) is 1.73. The first kappa shape index (κ1) is 13.5. The summed E-state index contributed by atoms with van der Waals surface area (Å²) in [7, 11) is 0. The summed E-state index contributed by atoms with van der Waals surface area (Å²) in [6.07, 6.45) is 1.43. The molecule has 0 aliphatic heterocycles. The third kappa shape index (κ3) is 7.54. The summed E-state index contributed by atoms with van der Waals surface area (Å²) in [5, 5.41) is 12.8. The van der Waals surface area contributed by atoms with E-state index in [9.17, 15) is 14.7 Å². The number of nitrogens with one attached hydrogen (secondary N) is 1. The smallest absolute Gasteiger partial charge is 0.407 e. The molecule has 5 heteroatoms. The fourth-order valence-corrected chi connectivity index (χ4v) is 0.787. The highest BCUT2D eigenvalue weighted by molar-refractivity contribution is 5.83. The van der Waals surface area contributed by atoms with Gasteiger partial charge in [-0.1, -0.05) is 19.9 Å². The second kappa shape index (κ2) is 7.84. The van der Waals surface area contributed by atoms with Crippen molar-refractivity contribution in [3.63, 3.8) is 0 Å². The van der Waals surface area contributed by atoms with Crippen molar-refractivity contribution in [2.24, 2.45) is 0 Å². The molecule has 0 aliphatic rings. The fraction of sp³-hybridized carbons (Fsp3) is 0.600. The van der Waals surface area contributed by atoms with E-state index in [2.05, 4.69) is 11.9 Å².